The van der Waals surface area contributed by atoms with Crippen molar-refractivity contribution in [2.45, 2.75) is 83.3 Å². The van der Waals surface area contributed by atoms with E-state index in [4.69, 9.17) is 9.47 Å². The Hall–Kier alpha value is -0.120. The van der Waals surface area contributed by atoms with Crippen molar-refractivity contribution in [3.63, 3.8) is 0 Å². The first kappa shape index (κ1) is 18.3. The Labute approximate surface area is 153 Å². The molecule has 0 radical (unpaired) electrons. The van der Waals surface area contributed by atoms with Crippen LogP contribution in [0, 0.1) is 34.5 Å². The number of rotatable bonds is 3. The third-order valence-electron chi connectivity index (χ3n) is 9.43. The van der Waals surface area contributed by atoms with Gasteiger partial charge in [-0.1, -0.05) is 13.8 Å². The van der Waals surface area contributed by atoms with Crippen molar-refractivity contribution in [3.05, 3.63) is 0 Å². The molecular weight excluding hydrogens is 312 g/mol. The van der Waals surface area contributed by atoms with E-state index in [0.717, 1.165) is 30.6 Å². The second-order valence-electron chi connectivity index (χ2n) is 10.4. The fourth-order valence-electron chi connectivity index (χ4n) is 8.06. The van der Waals surface area contributed by atoms with Gasteiger partial charge in [0.1, 0.15) is 0 Å². The molecule has 0 aromatic heterocycles. The van der Waals surface area contributed by atoms with Gasteiger partial charge in [0.15, 0.2) is 0 Å². The van der Waals surface area contributed by atoms with Crippen LogP contribution in [0.15, 0.2) is 0 Å². The number of methoxy groups -OCH3 is 2. The minimum absolute atomic E-state index is 0.407. The molecule has 0 heterocycles. The van der Waals surface area contributed by atoms with E-state index in [-0.39, 0.29) is 0 Å². The van der Waals surface area contributed by atoms with E-state index >= 15 is 0 Å². The van der Waals surface area contributed by atoms with Crippen molar-refractivity contribution in [3.8, 4) is 0 Å². The van der Waals surface area contributed by atoms with Gasteiger partial charge in [0.05, 0.1) is 18.3 Å². The average Bonchev–Trinajstić information content (AvgIpc) is 2.92. The molecule has 144 valence electrons. The quantitative estimate of drug-likeness (QED) is 0.819. The summed E-state index contributed by atoms with van der Waals surface area (Å²) in [4.78, 5) is 0. The molecule has 1 N–H and O–H groups in total. The summed E-state index contributed by atoms with van der Waals surface area (Å²) in [5.41, 5.74) is 0.253. The minimum Gasteiger partial charge on any atom is -0.387 e. The zero-order valence-corrected chi connectivity index (χ0v) is 16.7. The highest BCUT2D eigenvalue weighted by atomic mass is 16.5. The summed E-state index contributed by atoms with van der Waals surface area (Å²) in [7, 11) is 3.64. The Morgan fingerprint density at radius 2 is 1.64 bits per heavy atom. The maximum absolute atomic E-state index is 10.9. The number of aliphatic hydroxyl groups is 1. The molecule has 3 heteroatoms. The van der Waals surface area contributed by atoms with Crippen molar-refractivity contribution >= 4 is 0 Å². The summed E-state index contributed by atoms with van der Waals surface area (Å²) >= 11 is 0. The first-order valence-electron chi connectivity index (χ1n) is 10.6. The van der Waals surface area contributed by atoms with Gasteiger partial charge in [-0.3, -0.25) is 0 Å². The molecule has 4 fully saturated rings. The molecule has 0 unspecified atom stereocenters. The first-order valence-corrected chi connectivity index (χ1v) is 10.6. The topological polar surface area (TPSA) is 38.7 Å². The van der Waals surface area contributed by atoms with Crippen LogP contribution in [0.4, 0.5) is 0 Å². The summed E-state index contributed by atoms with van der Waals surface area (Å²) in [6, 6.07) is 0. The van der Waals surface area contributed by atoms with Gasteiger partial charge in [-0.05, 0) is 92.3 Å². The molecule has 0 aromatic rings. The van der Waals surface area contributed by atoms with Crippen LogP contribution in [0.1, 0.15) is 71.6 Å². The van der Waals surface area contributed by atoms with Crippen molar-refractivity contribution in [2.75, 3.05) is 20.8 Å². The largest absolute Gasteiger partial charge is 0.387 e. The Bertz CT molecular complexity index is 508. The molecule has 8 atom stereocenters. The third kappa shape index (κ3) is 2.63. The van der Waals surface area contributed by atoms with Crippen LogP contribution < -0.4 is 0 Å². The van der Waals surface area contributed by atoms with Crippen molar-refractivity contribution in [1.82, 2.24) is 0 Å². The summed E-state index contributed by atoms with van der Waals surface area (Å²) in [6.45, 7) is 5.58. The van der Waals surface area contributed by atoms with Gasteiger partial charge >= 0.3 is 0 Å². The minimum atomic E-state index is -0.580. The van der Waals surface area contributed by atoms with Gasteiger partial charge in [0.2, 0.25) is 0 Å². The lowest BCUT2D eigenvalue weighted by atomic mass is 9.44. The van der Waals surface area contributed by atoms with Crippen LogP contribution in [0.5, 0.6) is 0 Å². The molecular formula is C22H38O3. The summed E-state index contributed by atoms with van der Waals surface area (Å²) in [5, 5.41) is 10.9. The number of hydrogen-bond donors (Lipinski definition) is 1. The molecule has 0 bridgehead atoms. The van der Waals surface area contributed by atoms with Crippen LogP contribution >= 0.6 is 0 Å². The lowest BCUT2D eigenvalue weighted by molar-refractivity contribution is -0.167. The van der Waals surface area contributed by atoms with E-state index < -0.39 is 5.60 Å². The summed E-state index contributed by atoms with van der Waals surface area (Å²) in [6.07, 6.45) is 11.5. The average molecular weight is 351 g/mol. The van der Waals surface area contributed by atoms with Crippen LogP contribution in [-0.2, 0) is 9.47 Å². The van der Waals surface area contributed by atoms with E-state index in [1.54, 1.807) is 7.11 Å². The Morgan fingerprint density at radius 1 is 0.880 bits per heavy atom. The van der Waals surface area contributed by atoms with E-state index in [1.807, 2.05) is 7.11 Å². The zero-order valence-electron chi connectivity index (χ0n) is 16.7. The SMILES string of the molecule is COC[C@@]1(O)CC[C@@]2(C)[C@@H](CC[C@@H]3[C@@H]2CC[C@]2(C)[C@@H](OC)CC[C@@H]32)C1. The molecule has 0 amide bonds. The Balaban J connectivity index is 1.56. The normalized spacial score (nSPS) is 55.3. The fourth-order valence-corrected chi connectivity index (χ4v) is 8.06. The maximum Gasteiger partial charge on any atom is 0.0883 e. The second kappa shape index (κ2) is 6.21. The van der Waals surface area contributed by atoms with Crippen LogP contribution in [0.3, 0.4) is 0 Å². The van der Waals surface area contributed by atoms with Gasteiger partial charge in [0.25, 0.3) is 0 Å². The van der Waals surface area contributed by atoms with E-state index in [9.17, 15) is 5.11 Å². The van der Waals surface area contributed by atoms with Crippen molar-refractivity contribution in [1.29, 1.82) is 0 Å². The molecule has 0 spiro atoms. The predicted octanol–water partition coefficient (Wildman–Crippen LogP) is 4.42. The molecule has 4 aliphatic carbocycles. The molecule has 4 rings (SSSR count). The van der Waals surface area contributed by atoms with Crippen molar-refractivity contribution in [2.24, 2.45) is 34.5 Å². The highest BCUT2D eigenvalue weighted by Crippen LogP contribution is 2.67. The highest BCUT2D eigenvalue weighted by molar-refractivity contribution is 5.10. The summed E-state index contributed by atoms with van der Waals surface area (Å²) < 4.78 is 11.2. The van der Waals surface area contributed by atoms with Crippen molar-refractivity contribution < 1.29 is 14.6 Å². The van der Waals surface area contributed by atoms with E-state index in [0.29, 0.717) is 29.5 Å². The molecule has 4 saturated carbocycles. The van der Waals surface area contributed by atoms with Crippen LogP contribution in [0.25, 0.3) is 0 Å². The van der Waals surface area contributed by atoms with Gasteiger partial charge in [0, 0.05) is 14.2 Å². The molecule has 4 aliphatic rings. The van der Waals surface area contributed by atoms with Gasteiger partial charge in [-0.2, -0.15) is 0 Å². The second-order valence-corrected chi connectivity index (χ2v) is 10.4. The van der Waals surface area contributed by atoms with E-state index in [2.05, 4.69) is 13.8 Å². The molecule has 0 aromatic carbocycles. The lowest BCUT2D eigenvalue weighted by Gasteiger charge is -2.62. The summed E-state index contributed by atoms with van der Waals surface area (Å²) in [5.74, 6) is 3.26. The maximum atomic E-state index is 10.9. The smallest absolute Gasteiger partial charge is 0.0883 e. The van der Waals surface area contributed by atoms with Gasteiger partial charge in [-0.25, -0.2) is 0 Å². The molecule has 0 aliphatic heterocycles. The monoisotopic (exact) mass is 350 g/mol. The van der Waals surface area contributed by atoms with Gasteiger partial charge in [-0.15, -0.1) is 0 Å². The Kier molecular flexibility index (Phi) is 4.53. The molecule has 3 nitrogen and oxygen atoms in total. The lowest BCUT2D eigenvalue weighted by Crippen LogP contribution is -2.57. The first-order chi connectivity index (χ1) is 11.9. The number of ether oxygens (including phenoxy) is 2. The van der Waals surface area contributed by atoms with Gasteiger partial charge < -0.3 is 14.6 Å². The fraction of sp³-hybridized carbons (Fsp3) is 1.00. The number of fused-ring (bicyclic) bond motifs is 5. The standard InChI is InChI=1S/C22H38O3/c1-20-11-12-22(23,14-24-3)13-15(20)5-6-16-17-7-8-19(25-4)21(17,2)10-9-18(16)20/h15-19,23H,5-14H2,1-4H3/t15-,16-,17-,18-,19-,20-,21-,22+/m0/s1. The van der Waals surface area contributed by atoms with Crippen LogP contribution in [-0.4, -0.2) is 37.6 Å². The Morgan fingerprint density at radius 3 is 2.36 bits per heavy atom. The van der Waals surface area contributed by atoms with E-state index in [1.165, 1.54) is 44.9 Å². The molecule has 25 heavy (non-hydrogen) atoms. The number of hydrogen-bond acceptors (Lipinski definition) is 3. The molecule has 0 saturated heterocycles. The third-order valence-corrected chi connectivity index (χ3v) is 9.43. The predicted molar refractivity (Wildman–Crippen MR) is 99.3 cm³/mol. The van der Waals surface area contributed by atoms with Crippen LogP contribution in [0.2, 0.25) is 0 Å². The highest BCUT2D eigenvalue weighted by Gasteiger charge is 2.61. The zero-order chi connectivity index (χ0) is 17.9.